The number of halogens is 1. The number of hydrogen-bond acceptors (Lipinski definition) is 11. The third-order valence-electron chi connectivity index (χ3n) is 4.00. The lowest BCUT2D eigenvalue weighted by molar-refractivity contribution is -0.120. The molecule has 0 radical (unpaired) electrons. The molecule has 1 aliphatic heterocycles. The van der Waals surface area contributed by atoms with Crippen LogP contribution >= 0.6 is 23.5 Å². The molecule has 1 aromatic rings. The summed E-state index contributed by atoms with van der Waals surface area (Å²) >= 11 is 0. The van der Waals surface area contributed by atoms with Crippen molar-refractivity contribution in [3.63, 3.8) is 0 Å². The Kier molecular flexibility index (Phi) is 8.37. The summed E-state index contributed by atoms with van der Waals surface area (Å²) in [6.45, 7) is -0.787. The maximum absolute atomic E-state index is 14.8. The van der Waals surface area contributed by atoms with Gasteiger partial charge in [0.05, 0.1) is 13.2 Å². The maximum Gasteiger partial charge on any atom is 0.490 e. The number of ether oxygens (including phenoxy) is 1. The fraction of sp³-hybridized carbons (Fsp3) is 0.636. The Morgan fingerprint density at radius 1 is 1.30 bits per heavy atom. The topological polar surface area (TPSA) is 273 Å². The van der Waals surface area contributed by atoms with Gasteiger partial charge in [0.15, 0.2) is 12.4 Å². The number of nitrogens with zero attached hydrogens (tertiary/aromatic N) is 5. The molecular weight excluding hydrogens is 522 g/mol. The quantitative estimate of drug-likeness (QED) is 0.115. The van der Waals surface area contributed by atoms with Crippen LogP contribution in [0, 0.1) is 6.92 Å². The second kappa shape index (κ2) is 9.98. The number of aromatic nitrogens is 2. The van der Waals surface area contributed by atoms with E-state index in [9.17, 15) is 37.8 Å². The molecule has 0 saturated carbocycles. The summed E-state index contributed by atoms with van der Waals surface area (Å²) in [5, 5.41) is 13.5. The highest BCUT2D eigenvalue weighted by atomic mass is 31.3. The summed E-state index contributed by atoms with van der Waals surface area (Å²) in [4.78, 5) is 53.8. The number of alkyl halides is 1. The van der Waals surface area contributed by atoms with Crippen molar-refractivity contribution >= 4 is 23.5 Å². The second-order valence-electron chi connectivity index (χ2n) is 6.47. The van der Waals surface area contributed by atoms with Gasteiger partial charge in [-0.25, -0.2) is 22.9 Å². The normalized spacial score (nSPS) is 29.1. The molecule has 1 aliphatic rings. The molecule has 2 unspecified atom stereocenters. The zero-order chi connectivity index (χ0) is 25.2. The number of aliphatic hydroxyl groups is 1. The Morgan fingerprint density at radius 3 is 2.48 bits per heavy atom. The molecule has 1 saturated heterocycles. The fourth-order valence-electron chi connectivity index (χ4n) is 2.66. The molecule has 2 rings (SSSR count). The van der Waals surface area contributed by atoms with Crippen molar-refractivity contribution in [2.24, 2.45) is 5.11 Å². The summed E-state index contributed by atoms with van der Waals surface area (Å²) in [5.74, 6) is 0. The largest absolute Gasteiger partial charge is 0.490 e. The van der Waals surface area contributed by atoms with E-state index in [-0.39, 0.29) is 5.69 Å². The Bertz CT molecular complexity index is 1140. The van der Waals surface area contributed by atoms with Crippen LogP contribution in [0.25, 0.3) is 10.4 Å². The van der Waals surface area contributed by atoms with Crippen LogP contribution in [-0.4, -0.2) is 65.3 Å². The molecule has 0 aliphatic carbocycles. The zero-order valence-corrected chi connectivity index (χ0v) is 18.9. The smallest absolute Gasteiger partial charge is 0.387 e. The van der Waals surface area contributed by atoms with E-state index in [0.29, 0.717) is 4.57 Å². The molecule has 1 aromatic heterocycles. The molecule has 6 atom stereocenters. The minimum Gasteiger partial charge on any atom is -0.387 e. The molecule has 5 N–H and O–H groups in total. The van der Waals surface area contributed by atoms with Crippen LogP contribution in [0.4, 0.5) is 4.39 Å². The van der Waals surface area contributed by atoms with E-state index in [1.54, 1.807) is 0 Å². The van der Waals surface area contributed by atoms with Gasteiger partial charge in [0.1, 0.15) is 11.7 Å². The Hall–Kier alpha value is -1.55. The summed E-state index contributed by atoms with van der Waals surface area (Å²) in [5.41, 5.74) is 5.44. The minimum absolute atomic E-state index is 0.276. The molecule has 22 heteroatoms. The van der Waals surface area contributed by atoms with Crippen LogP contribution in [0.3, 0.4) is 0 Å². The van der Waals surface area contributed by atoms with Crippen molar-refractivity contribution in [1.82, 2.24) is 9.55 Å². The number of azide groups is 1. The van der Waals surface area contributed by atoms with Gasteiger partial charge in [-0.05, 0) is 18.5 Å². The third kappa shape index (κ3) is 7.21. The van der Waals surface area contributed by atoms with Gasteiger partial charge in [-0.15, -0.1) is 0 Å². The molecule has 18 nitrogen and oxygen atoms in total. The third-order valence-corrected chi connectivity index (χ3v) is 7.78. The fourth-order valence-corrected chi connectivity index (χ4v) is 5.74. The number of phosphoric ester groups is 1. The second-order valence-corrected chi connectivity index (χ2v) is 10.9. The SMILES string of the molecule is Cc1ccn([C@@H]2O[C@](CN=[N+]=[N-])(COP(=O)(O)OP(=O)(O)OP(=O)(O)O)[C@@H](O)[C@H]2F)c(=O)n1. The van der Waals surface area contributed by atoms with Crippen molar-refractivity contribution in [2.75, 3.05) is 13.2 Å². The standard InChI is InChI=1S/C11H17FN5O13P3/c1-6-2-3-17(10(19)15-6)9-7(12)8(18)11(28-9,4-14-16-13)5-27-32(23,24)30-33(25,26)29-31(20,21)22/h2-3,7-9,18H,4-5H2,1H3,(H,23,24)(H,25,26)(H2,20,21,22)/t7-,8+,9-,11-/m1/s1. The average Bonchev–Trinajstić information content (AvgIpc) is 2.88. The molecule has 2 heterocycles. The summed E-state index contributed by atoms with van der Waals surface area (Å²) in [6, 6.07) is 1.31. The highest BCUT2D eigenvalue weighted by Gasteiger charge is 2.57. The van der Waals surface area contributed by atoms with Gasteiger partial charge in [-0.3, -0.25) is 9.09 Å². The van der Waals surface area contributed by atoms with Gasteiger partial charge in [-0.1, -0.05) is 5.11 Å². The summed E-state index contributed by atoms with van der Waals surface area (Å²) in [7, 11) is -17.2. The highest BCUT2D eigenvalue weighted by Crippen LogP contribution is 2.66. The van der Waals surface area contributed by atoms with E-state index in [4.69, 9.17) is 20.1 Å². The maximum atomic E-state index is 14.8. The number of rotatable bonds is 10. The lowest BCUT2D eigenvalue weighted by Crippen LogP contribution is -2.48. The van der Waals surface area contributed by atoms with Gasteiger partial charge in [0, 0.05) is 16.8 Å². The predicted molar refractivity (Wildman–Crippen MR) is 101 cm³/mol. The number of hydrogen-bond donors (Lipinski definition) is 5. The van der Waals surface area contributed by atoms with Crippen molar-refractivity contribution in [3.8, 4) is 0 Å². The molecule has 0 bridgehead atoms. The van der Waals surface area contributed by atoms with E-state index in [2.05, 4.69) is 28.2 Å². The molecule has 186 valence electrons. The Morgan fingerprint density at radius 2 is 1.94 bits per heavy atom. The van der Waals surface area contributed by atoms with Crippen LogP contribution in [0.5, 0.6) is 0 Å². The number of aryl methyl sites for hydroxylation is 1. The van der Waals surface area contributed by atoms with Crippen molar-refractivity contribution in [1.29, 1.82) is 0 Å². The first-order valence-corrected chi connectivity index (χ1v) is 12.9. The molecule has 0 aromatic carbocycles. The van der Waals surface area contributed by atoms with Crippen molar-refractivity contribution < 1.29 is 60.6 Å². The number of phosphoric acid groups is 3. The molecule has 33 heavy (non-hydrogen) atoms. The van der Waals surface area contributed by atoms with Crippen LogP contribution in [0.15, 0.2) is 22.2 Å². The highest BCUT2D eigenvalue weighted by molar-refractivity contribution is 7.66. The van der Waals surface area contributed by atoms with E-state index in [1.165, 1.54) is 13.0 Å². The van der Waals surface area contributed by atoms with Gasteiger partial charge in [-0.2, -0.15) is 13.6 Å². The van der Waals surface area contributed by atoms with E-state index < -0.39 is 66.4 Å². The lowest BCUT2D eigenvalue weighted by Gasteiger charge is -2.30. The lowest BCUT2D eigenvalue weighted by atomic mass is 9.97. The molecular formula is C11H17FN5O13P3. The van der Waals surface area contributed by atoms with E-state index in [1.807, 2.05) is 0 Å². The Balaban J connectivity index is 2.30. The van der Waals surface area contributed by atoms with Crippen molar-refractivity contribution in [2.45, 2.75) is 31.0 Å². The van der Waals surface area contributed by atoms with Gasteiger partial charge in [0.25, 0.3) is 0 Å². The average molecular weight is 539 g/mol. The Labute approximate surface area is 182 Å². The van der Waals surface area contributed by atoms with Gasteiger partial charge < -0.3 is 29.4 Å². The predicted octanol–water partition coefficient (Wildman–Crippen LogP) is 0.172. The first-order valence-electron chi connectivity index (χ1n) is 8.36. The molecule has 0 spiro atoms. The van der Waals surface area contributed by atoms with Crippen LogP contribution in [0.1, 0.15) is 11.9 Å². The molecule has 0 amide bonds. The van der Waals surface area contributed by atoms with E-state index in [0.717, 1.165) is 6.20 Å². The number of aliphatic hydroxyl groups excluding tert-OH is 1. The van der Waals surface area contributed by atoms with Crippen LogP contribution in [-0.2, 0) is 31.6 Å². The van der Waals surface area contributed by atoms with Gasteiger partial charge >= 0.3 is 29.2 Å². The molecule has 1 fully saturated rings. The van der Waals surface area contributed by atoms with Gasteiger partial charge in [0.2, 0.25) is 0 Å². The van der Waals surface area contributed by atoms with Crippen LogP contribution in [0.2, 0.25) is 0 Å². The van der Waals surface area contributed by atoms with Crippen molar-refractivity contribution in [3.05, 3.63) is 38.9 Å². The summed E-state index contributed by atoms with van der Waals surface area (Å²) in [6.07, 6.45) is -5.40. The monoisotopic (exact) mass is 539 g/mol. The first kappa shape index (κ1) is 27.7. The zero-order valence-electron chi connectivity index (χ0n) is 16.3. The summed E-state index contributed by atoms with van der Waals surface area (Å²) < 4.78 is 66.3. The van der Waals surface area contributed by atoms with E-state index >= 15 is 0 Å². The first-order chi connectivity index (χ1) is 15.0. The van der Waals surface area contributed by atoms with Crippen LogP contribution < -0.4 is 5.69 Å². The minimum atomic E-state index is -5.85.